The van der Waals surface area contributed by atoms with Gasteiger partial charge in [-0.3, -0.25) is 9.78 Å². The van der Waals surface area contributed by atoms with E-state index in [1.165, 1.54) is 0 Å². The van der Waals surface area contributed by atoms with Gasteiger partial charge in [0.15, 0.2) is 0 Å². The third kappa shape index (κ3) is 2.50. The minimum Gasteiger partial charge on any atom is -0.465 e. The fourth-order valence-corrected chi connectivity index (χ4v) is 2.39. The summed E-state index contributed by atoms with van der Waals surface area (Å²) in [5, 5.41) is 0. The Morgan fingerprint density at radius 3 is 2.77 bits per heavy atom. The predicted octanol–water partition coefficient (Wildman–Crippen LogP) is 2.24. The van der Waals surface area contributed by atoms with Crippen LogP contribution in [0, 0.1) is 0 Å². The number of nitrogen functional groups attached to an aromatic ring is 1. The standard InChI is InChI=1S/C16H16N4O2/c1-2-22-14(21)10-20-13-5-3-4-12(17)15(13)19-16(20)11-6-8-18-9-7-11/h3-9H,2,10,17H2,1H3. The third-order valence-corrected chi connectivity index (χ3v) is 3.34. The van der Waals surface area contributed by atoms with Crippen molar-refractivity contribution in [1.82, 2.24) is 14.5 Å². The number of imidazole rings is 1. The maximum Gasteiger partial charge on any atom is 0.326 e. The quantitative estimate of drug-likeness (QED) is 0.589. The number of anilines is 1. The molecule has 2 aromatic heterocycles. The summed E-state index contributed by atoms with van der Waals surface area (Å²) in [7, 11) is 0. The lowest BCUT2D eigenvalue weighted by Gasteiger charge is -2.08. The van der Waals surface area contributed by atoms with E-state index >= 15 is 0 Å². The lowest BCUT2D eigenvalue weighted by atomic mass is 10.2. The van der Waals surface area contributed by atoms with E-state index in [1.54, 1.807) is 25.4 Å². The topological polar surface area (TPSA) is 83.0 Å². The summed E-state index contributed by atoms with van der Waals surface area (Å²) >= 11 is 0. The summed E-state index contributed by atoms with van der Waals surface area (Å²) in [5.41, 5.74) is 8.94. The number of nitrogens with zero attached hydrogens (tertiary/aromatic N) is 3. The molecule has 0 atom stereocenters. The van der Waals surface area contributed by atoms with E-state index < -0.39 is 0 Å². The molecule has 3 aromatic rings. The summed E-state index contributed by atoms with van der Waals surface area (Å²) in [6, 6.07) is 9.22. The van der Waals surface area contributed by atoms with Crippen LogP contribution in [-0.2, 0) is 16.1 Å². The van der Waals surface area contributed by atoms with Crippen molar-refractivity contribution in [3.05, 3.63) is 42.7 Å². The Labute approximate surface area is 127 Å². The van der Waals surface area contributed by atoms with Gasteiger partial charge in [-0.05, 0) is 31.2 Å². The highest BCUT2D eigenvalue weighted by molar-refractivity contribution is 5.91. The molecular weight excluding hydrogens is 280 g/mol. The second-order valence-corrected chi connectivity index (χ2v) is 4.78. The Morgan fingerprint density at radius 2 is 2.05 bits per heavy atom. The minimum atomic E-state index is -0.306. The molecule has 2 heterocycles. The fourth-order valence-electron chi connectivity index (χ4n) is 2.39. The van der Waals surface area contributed by atoms with Crippen LogP contribution < -0.4 is 5.73 Å². The van der Waals surface area contributed by atoms with Gasteiger partial charge in [0, 0.05) is 18.0 Å². The van der Waals surface area contributed by atoms with E-state index in [0.29, 0.717) is 23.6 Å². The van der Waals surface area contributed by atoms with Gasteiger partial charge in [0.25, 0.3) is 0 Å². The molecule has 0 bridgehead atoms. The van der Waals surface area contributed by atoms with Crippen molar-refractivity contribution in [3.63, 3.8) is 0 Å². The number of esters is 1. The van der Waals surface area contributed by atoms with E-state index in [1.807, 2.05) is 28.8 Å². The van der Waals surface area contributed by atoms with Gasteiger partial charge in [0.2, 0.25) is 0 Å². The van der Waals surface area contributed by atoms with E-state index in [9.17, 15) is 4.79 Å². The van der Waals surface area contributed by atoms with Crippen LogP contribution in [0.25, 0.3) is 22.4 Å². The molecule has 22 heavy (non-hydrogen) atoms. The number of pyridine rings is 1. The van der Waals surface area contributed by atoms with Crippen LogP contribution in [0.5, 0.6) is 0 Å². The van der Waals surface area contributed by atoms with Gasteiger partial charge in [-0.25, -0.2) is 4.98 Å². The van der Waals surface area contributed by atoms with Gasteiger partial charge in [-0.2, -0.15) is 0 Å². The number of hydrogen-bond donors (Lipinski definition) is 1. The zero-order valence-electron chi connectivity index (χ0n) is 12.2. The van der Waals surface area contributed by atoms with Crippen LogP contribution in [0.4, 0.5) is 5.69 Å². The molecule has 6 nitrogen and oxygen atoms in total. The minimum absolute atomic E-state index is 0.0887. The third-order valence-electron chi connectivity index (χ3n) is 3.34. The number of nitrogens with two attached hydrogens (primary N) is 1. The number of benzene rings is 1. The maximum absolute atomic E-state index is 11.9. The Kier molecular flexibility index (Phi) is 3.74. The number of carbonyl (C=O) groups excluding carboxylic acids is 1. The van der Waals surface area contributed by atoms with Crippen LogP contribution >= 0.6 is 0 Å². The molecule has 0 fully saturated rings. The predicted molar refractivity (Wildman–Crippen MR) is 84.0 cm³/mol. The van der Waals surface area contributed by atoms with Crippen molar-refractivity contribution >= 4 is 22.7 Å². The summed E-state index contributed by atoms with van der Waals surface area (Å²) < 4.78 is 6.87. The van der Waals surface area contributed by atoms with Gasteiger partial charge in [0.05, 0.1) is 17.8 Å². The summed E-state index contributed by atoms with van der Waals surface area (Å²) in [4.78, 5) is 20.5. The van der Waals surface area contributed by atoms with E-state index in [-0.39, 0.29) is 12.5 Å². The Balaban J connectivity index is 2.17. The van der Waals surface area contributed by atoms with Crippen molar-refractivity contribution in [2.45, 2.75) is 13.5 Å². The molecule has 2 N–H and O–H groups in total. The smallest absolute Gasteiger partial charge is 0.326 e. The number of aromatic nitrogens is 3. The van der Waals surface area contributed by atoms with Crippen LogP contribution in [0.2, 0.25) is 0 Å². The average molecular weight is 296 g/mol. The van der Waals surface area contributed by atoms with Crippen molar-refractivity contribution < 1.29 is 9.53 Å². The largest absolute Gasteiger partial charge is 0.465 e. The zero-order chi connectivity index (χ0) is 15.5. The fraction of sp³-hybridized carbons (Fsp3) is 0.188. The molecule has 6 heteroatoms. The lowest BCUT2D eigenvalue weighted by molar-refractivity contribution is -0.143. The molecule has 0 saturated heterocycles. The Bertz CT molecular complexity index is 812. The zero-order valence-corrected chi connectivity index (χ0v) is 12.2. The molecule has 0 unspecified atom stereocenters. The molecule has 0 amide bonds. The number of para-hydroxylation sites is 1. The summed E-state index contributed by atoms with van der Waals surface area (Å²) in [6.07, 6.45) is 3.37. The first-order valence-corrected chi connectivity index (χ1v) is 7.01. The van der Waals surface area contributed by atoms with Crippen molar-refractivity contribution in [2.24, 2.45) is 0 Å². The number of carbonyl (C=O) groups is 1. The highest BCUT2D eigenvalue weighted by atomic mass is 16.5. The summed E-state index contributed by atoms with van der Waals surface area (Å²) in [5.74, 6) is 0.364. The highest BCUT2D eigenvalue weighted by Crippen LogP contribution is 2.27. The first kappa shape index (κ1) is 14.1. The van der Waals surface area contributed by atoms with Gasteiger partial charge < -0.3 is 15.0 Å². The number of fused-ring (bicyclic) bond motifs is 1. The SMILES string of the molecule is CCOC(=O)Cn1c(-c2ccncc2)nc2c(N)cccc21. The lowest BCUT2D eigenvalue weighted by Crippen LogP contribution is -2.14. The number of hydrogen-bond acceptors (Lipinski definition) is 5. The molecule has 0 spiro atoms. The van der Waals surface area contributed by atoms with Gasteiger partial charge in [-0.15, -0.1) is 0 Å². The highest BCUT2D eigenvalue weighted by Gasteiger charge is 2.16. The van der Waals surface area contributed by atoms with Crippen LogP contribution in [0.1, 0.15) is 6.92 Å². The molecule has 1 aromatic carbocycles. The number of rotatable bonds is 4. The second kappa shape index (κ2) is 5.85. The van der Waals surface area contributed by atoms with Gasteiger partial charge in [-0.1, -0.05) is 6.07 Å². The molecule has 0 aliphatic rings. The first-order valence-electron chi connectivity index (χ1n) is 7.01. The molecule has 0 saturated carbocycles. The average Bonchev–Trinajstić information content (AvgIpc) is 2.89. The van der Waals surface area contributed by atoms with Gasteiger partial charge >= 0.3 is 5.97 Å². The van der Waals surface area contributed by atoms with Crippen molar-refractivity contribution in [3.8, 4) is 11.4 Å². The molecule has 3 rings (SSSR count). The molecule has 0 radical (unpaired) electrons. The Morgan fingerprint density at radius 1 is 1.27 bits per heavy atom. The van der Waals surface area contributed by atoms with Crippen LogP contribution in [0.15, 0.2) is 42.7 Å². The first-order chi connectivity index (χ1) is 10.7. The second-order valence-electron chi connectivity index (χ2n) is 4.78. The maximum atomic E-state index is 11.9. The van der Waals surface area contributed by atoms with Crippen molar-refractivity contribution in [2.75, 3.05) is 12.3 Å². The molecular formula is C16H16N4O2. The molecule has 0 aliphatic heterocycles. The monoisotopic (exact) mass is 296 g/mol. The van der Waals surface area contributed by atoms with E-state index in [4.69, 9.17) is 10.5 Å². The normalized spacial score (nSPS) is 10.8. The van der Waals surface area contributed by atoms with Gasteiger partial charge in [0.1, 0.15) is 17.9 Å². The van der Waals surface area contributed by atoms with Crippen LogP contribution in [0.3, 0.4) is 0 Å². The molecule has 112 valence electrons. The van der Waals surface area contributed by atoms with E-state index in [2.05, 4.69) is 9.97 Å². The summed E-state index contributed by atoms with van der Waals surface area (Å²) in [6.45, 7) is 2.22. The number of ether oxygens (including phenoxy) is 1. The molecule has 0 aliphatic carbocycles. The Hall–Kier alpha value is -2.89. The van der Waals surface area contributed by atoms with Crippen LogP contribution in [-0.4, -0.2) is 27.1 Å². The van der Waals surface area contributed by atoms with E-state index in [0.717, 1.165) is 11.1 Å². The van der Waals surface area contributed by atoms with Crippen molar-refractivity contribution in [1.29, 1.82) is 0 Å².